The summed E-state index contributed by atoms with van der Waals surface area (Å²) in [5.41, 5.74) is 0.787. The molecule has 0 radical (unpaired) electrons. The summed E-state index contributed by atoms with van der Waals surface area (Å²) >= 11 is 0. The third-order valence-corrected chi connectivity index (χ3v) is 4.52. The first-order chi connectivity index (χ1) is 5.94. The SMILES string of the molecule is CC1CCC(C2(C)CO2)CC1(C)C. The molecule has 1 saturated heterocycles. The molecule has 1 nitrogen and oxygen atoms in total. The van der Waals surface area contributed by atoms with Crippen LogP contribution in [0.1, 0.15) is 47.0 Å². The van der Waals surface area contributed by atoms with Gasteiger partial charge in [0, 0.05) is 0 Å². The van der Waals surface area contributed by atoms with Crippen LogP contribution in [0.5, 0.6) is 0 Å². The molecule has 1 aliphatic heterocycles. The minimum atomic E-state index is 0.261. The number of hydrogen-bond acceptors (Lipinski definition) is 1. The van der Waals surface area contributed by atoms with Crippen LogP contribution in [-0.4, -0.2) is 12.2 Å². The molecule has 13 heavy (non-hydrogen) atoms. The van der Waals surface area contributed by atoms with Gasteiger partial charge in [0.15, 0.2) is 0 Å². The maximum atomic E-state index is 5.56. The quantitative estimate of drug-likeness (QED) is 0.567. The highest BCUT2D eigenvalue weighted by Crippen LogP contribution is 2.50. The van der Waals surface area contributed by atoms with Crippen LogP contribution in [0.2, 0.25) is 0 Å². The number of rotatable bonds is 1. The molecule has 1 heteroatoms. The van der Waals surface area contributed by atoms with Crippen LogP contribution < -0.4 is 0 Å². The fraction of sp³-hybridized carbons (Fsp3) is 1.00. The molecule has 3 unspecified atom stereocenters. The molecular formula is C12H22O. The van der Waals surface area contributed by atoms with Crippen molar-refractivity contribution in [1.82, 2.24) is 0 Å². The van der Waals surface area contributed by atoms with E-state index < -0.39 is 0 Å². The lowest BCUT2D eigenvalue weighted by molar-refractivity contribution is 0.0651. The second-order valence-electron chi connectivity index (χ2n) is 5.97. The predicted molar refractivity (Wildman–Crippen MR) is 54.6 cm³/mol. The first-order valence-electron chi connectivity index (χ1n) is 5.58. The Labute approximate surface area is 81.9 Å². The largest absolute Gasteiger partial charge is 0.370 e. The number of hydrogen-bond donors (Lipinski definition) is 0. The molecule has 0 bridgehead atoms. The minimum absolute atomic E-state index is 0.261. The van der Waals surface area contributed by atoms with Gasteiger partial charge in [-0.2, -0.15) is 0 Å². The van der Waals surface area contributed by atoms with Crippen molar-refractivity contribution in [3.8, 4) is 0 Å². The van der Waals surface area contributed by atoms with E-state index in [0.29, 0.717) is 5.41 Å². The van der Waals surface area contributed by atoms with Crippen molar-refractivity contribution in [3.63, 3.8) is 0 Å². The van der Waals surface area contributed by atoms with E-state index in [-0.39, 0.29) is 5.60 Å². The molecule has 3 atom stereocenters. The third kappa shape index (κ3) is 1.63. The Bertz CT molecular complexity index is 203. The molecule has 0 aromatic carbocycles. The third-order valence-electron chi connectivity index (χ3n) is 4.52. The van der Waals surface area contributed by atoms with Gasteiger partial charge in [-0.25, -0.2) is 0 Å². The van der Waals surface area contributed by atoms with Gasteiger partial charge >= 0.3 is 0 Å². The lowest BCUT2D eigenvalue weighted by Crippen LogP contribution is -2.36. The lowest BCUT2D eigenvalue weighted by Gasteiger charge is -2.42. The zero-order valence-electron chi connectivity index (χ0n) is 9.39. The fourth-order valence-corrected chi connectivity index (χ4v) is 2.65. The molecule has 2 aliphatic rings. The molecule has 2 fully saturated rings. The van der Waals surface area contributed by atoms with Gasteiger partial charge in [-0.1, -0.05) is 20.8 Å². The van der Waals surface area contributed by atoms with Crippen molar-refractivity contribution in [3.05, 3.63) is 0 Å². The van der Waals surface area contributed by atoms with Crippen LogP contribution >= 0.6 is 0 Å². The summed E-state index contributed by atoms with van der Waals surface area (Å²) < 4.78 is 5.56. The first-order valence-corrected chi connectivity index (χ1v) is 5.58. The Hall–Kier alpha value is -0.0400. The van der Waals surface area contributed by atoms with E-state index in [1.165, 1.54) is 19.3 Å². The Morgan fingerprint density at radius 2 is 1.77 bits per heavy atom. The van der Waals surface area contributed by atoms with Crippen LogP contribution in [0.3, 0.4) is 0 Å². The summed E-state index contributed by atoms with van der Waals surface area (Å²) in [6.07, 6.45) is 4.11. The summed E-state index contributed by atoms with van der Waals surface area (Å²) in [7, 11) is 0. The van der Waals surface area contributed by atoms with E-state index in [2.05, 4.69) is 27.7 Å². The highest BCUT2D eigenvalue weighted by molar-refractivity contribution is 4.99. The molecule has 0 aromatic heterocycles. The van der Waals surface area contributed by atoms with Crippen LogP contribution in [0.25, 0.3) is 0 Å². The average molecular weight is 182 g/mol. The molecule has 0 amide bonds. The second-order valence-corrected chi connectivity index (χ2v) is 5.97. The minimum Gasteiger partial charge on any atom is -0.370 e. The summed E-state index contributed by atoms with van der Waals surface area (Å²) in [5, 5.41) is 0. The Morgan fingerprint density at radius 3 is 2.23 bits per heavy atom. The summed E-state index contributed by atoms with van der Waals surface area (Å²) in [6.45, 7) is 10.5. The maximum absolute atomic E-state index is 5.56. The molecule has 0 aromatic rings. The van der Waals surface area contributed by atoms with Crippen LogP contribution in [0, 0.1) is 17.3 Å². The van der Waals surface area contributed by atoms with E-state index in [0.717, 1.165) is 18.4 Å². The van der Waals surface area contributed by atoms with Crippen LogP contribution in [-0.2, 0) is 4.74 Å². The summed E-state index contributed by atoms with van der Waals surface area (Å²) in [6, 6.07) is 0. The summed E-state index contributed by atoms with van der Waals surface area (Å²) in [5.74, 6) is 1.70. The molecule has 2 rings (SSSR count). The van der Waals surface area contributed by atoms with Gasteiger partial charge in [0.1, 0.15) is 0 Å². The Kier molecular flexibility index (Phi) is 1.99. The molecule has 1 heterocycles. The van der Waals surface area contributed by atoms with Gasteiger partial charge in [0.25, 0.3) is 0 Å². The van der Waals surface area contributed by atoms with E-state index in [9.17, 15) is 0 Å². The predicted octanol–water partition coefficient (Wildman–Crippen LogP) is 3.24. The first kappa shape index (κ1) is 9.51. The van der Waals surface area contributed by atoms with E-state index in [4.69, 9.17) is 4.74 Å². The Balaban J connectivity index is 2.03. The van der Waals surface area contributed by atoms with Crippen molar-refractivity contribution in [2.45, 2.75) is 52.6 Å². The van der Waals surface area contributed by atoms with Crippen LogP contribution in [0.15, 0.2) is 0 Å². The van der Waals surface area contributed by atoms with Crippen molar-refractivity contribution in [1.29, 1.82) is 0 Å². The zero-order chi connectivity index (χ0) is 9.69. The molecule has 1 aliphatic carbocycles. The van der Waals surface area contributed by atoms with E-state index in [1.54, 1.807) is 0 Å². The van der Waals surface area contributed by atoms with E-state index >= 15 is 0 Å². The average Bonchev–Trinajstić information content (AvgIpc) is 2.75. The molecule has 1 saturated carbocycles. The van der Waals surface area contributed by atoms with Gasteiger partial charge in [-0.3, -0.25) is 0 Å². The van der Waals surface area contributed by atoms with Crippen molar-refractivity contribution in [2.24, 2.45) is 17.3 Å². The topological polar surface area (TPSA) is 12.5 Å². The van der Waals surface area contributed by atoms with Gasteiger partial charge in [-0.05, 0) is 43.4 Å². The zero-order valence-corrected chi connectivity index (χ0v) is 9.39. The Morgan fingerprint density at radius 1 is 1.15 bits per heavy atom. The van der Waals surface area contributed by atoms with Gasteiger partial charge in [-0.15, -0.1) is 0 Å². The van der Waals surface area contributed by atoms with Crippen LogP contribution in [0.4, 0.5) is 0 Å². The molecular weight excluding hydrogens is 160 g/mol. The summed E-state index contributed by atoms with van der Waals surface area (Å²) in [4.78, 5) is 0. The highest BCUT2D eigenvalue weighted by atomic mass is 16.6. The van der Waals surface area contributed by atoms with Gasteiger partial charge < -0.3 is 4.74 Å². The van der Waals surface area contributed by atoms with Gasteiger partial charge in [0.2, 0.25) is 0 Å². The lowest BCUT2D eigenvalue weighted by atomic mass is 9.63. The molecule has 76 valence electrons. The smallest absolute Gasteiger partial charge is 0.0916 e. The van der Waals surface area contributed by atoms with Crippen molar-refractivity contribution in [2.75, 3.05) is 6.61 Å². The molecule has 0 N–H and O–H groups in total. The number of ether oxygens (including phenoxy) is 1. The highest BCUT2D eigenvalue weighted by Gasteiger charge is 2.50. The fourth-order valence-electron chi connectivity index (χ4n) is 2.65. The maximum Gasteiger partial charge on any atom is 0.0916 e. The number of epoxide rings is 1. The second kappa shape index (κ2) is 2.73. The monoisotopic (exact) mass is 182 g/mol. The normalized spacial score (nSPS) is 48.9. The van der Waals surface area contributed by atoms with Crippen molar-refractivity contribution >= 4 is 0 Å². The van der Waals surface area contributed by atoms with Gasteiger partial charge in [0.05, 0.1) is 12.2 Å². The van der Waals surface area contributed by atoms with Crippen molar-refractivity contribution < 1.29 is 4.74 Å². The molecule has 0 spiro atoms. The standard InChI is InChI=1S/C12H22O/c1-9-5-6-10(7-11(9,2)3)12(4)8-13-12/h9-10H,5-8H2,1-4H3. The van der Waals surface area contributed by atoms with E-state index in [1.807, 2.05) is 0 Å².